The van der Waals surface area contributed by atoms with Crippen LogP contribution >= 0.6 is 0 Å². The van der Waals surface area contributed by atoms with Crippen LogP contribution in [0.2, 0.25) is 0 Å². The largest absolute Gasteiger partial charge is 0.481 e. The van der Waals surface area contributed by atoms with Gasteiger partial charge in [-0.25, -0.2) is 4.79 Å². The predicted molar refractivity (Wildman–Crippen MR) is 91.0 cm³/mol. The van der Waals surface area contributed by atoms with Gasteiger partial charge in [0.1, 0.15) is 0 Å². The molecule has 2 unspecified atom stereocenters. The molecule has 2 amide bonds. The number of hydrogen-bond donors (Lipinski definition) is 2. The monoisotopic (exact) mass is 331 g/mol. The van der Waals surface area contributed by atoms with Crippen molar-refractivity contribution < 1.29 is 14.7 Å². The lowest BCUT2D eigenvalue weighted by Crippen LogP contribution is -2.53. The van der Waals surface area contributed by atoms with Crippen molar-refractivity contribution in [1.82, 2.24) is 15.1 Å². The average Bonchev–Trinajstić information content (AvgIpc) is 2.94. The van der Waals surface area contributed by atoms with Crippen LogP contribution < -0.4 is 5.32 Å². The minimum atomic E-state index is -0.829. The van der Waals surface area contributed by atoms with E-state index >= 15 is 0 Å². The van der Waals surface area contributed by atoms with Gasteiger partial charge in [0.15, 0.2) is 0 Å². The maximum Gasteiger partial charge on any atom is 0.317 e. The smallest absolute Gasteiger partial charge is 0.317 e. The Morgan fingerprint density at radius 2 is 1.75 bits per heavy atom. The Balaban J connectivity index is 1.65. The summed E-state index contributed by atoms with van der Waals surface area (Å²) in [6, 6.07) is 7.69. The van der Waals surface area contributed by atoms with Crippen LogP contribution in [0, 0.1) is 0 Å². The molecule has 24 heavy (non-hydrogen) atoms. The van der Waals surface area contributed by atoms with E-state index in [1.165, 1.54) is 0 Å². The van der Waals surface area contributed by atoms with E-state index in [4.69, 9.17) is 0 Å². The maximum absolute atomic E-state index is 12.6. The van der Waals surface area contributed by atoms with Crippen LogP contribution in [-0.2, 0) is 4.79 Å². The molecule has 1 fully saturated rings. The molecule has 1 aromatic rings. The van der Waals surface area contributed by atoms with Crippen molar-refractivity contribution in [3.63, 3.8) is 0 Å². The highest BCUT2D eigenvalue weighted by Gasteiger charge is 2.36. The Morgan fingerprint density at radius 1 is 1.12 bits per heavy atom. The van der Waals surface area contributed by atoms with Crippen molar-refractivity contribution in [2.45, 2.75) is 38.3 Å². The summed E-state index contributed by atoms with van der Waals surface area (Å²) >= 11 is 0. The van der Waals surface area contributed by atoms with Crippen LogP contribution in [0.1, 0.15) is 43.4 Å². The van der Waals surface area contributed by atoms with Crippen molar-refractivity contribution >= 4 is 12.0 Å². The van der Waals surface area contributed by atoms with E-state index in [1.54, 1.807) is 0 Å². The molecule has 1 heterocycles. The summed E-state index contributed by atoms with van der Waals surface area (Å²) in [7, 11) is 0. The standard InChI is InChI=1S/C18H25N3O3/c1-12(2)20-7-9-21(10-8-20)18(24)19-16-11-15(17(22)23)13-5-3-4-6-14(13)16/h3-6,12,15-16H,7-11H2,1-2H3,(H,19,24)(H,22,23). The highest BCUT2D eigenvalue weighted by atomic mass is 16.4. The van der Waals surface area contributed by atoms with E-state index in [0.29, 0.717) is 25.6 Å². The second-order valence-electron chi connectivity index (χ2n) is 6.87. The van der Waals surface area contributed by atoms with E-state index < -0.39 is 11.9 Å². The Morgan fingerprint density at radius 3 is 2.33 bits per heavy atom. The van der Waals surface area contributed by atoms with E-state index in [1.807, 2.05) is 29.2 Å². The van der Waals surface area contributed by atoms with Gasteiger partial charge in [0, 0.05) is 32.2 Å². The third-order valence-electron chi connectivity index (χ3n) is 5.15. The van der Waals surface area contributed by atoms with Gasteiger partial charge in [0.25, 0.3) is 0 Å². The third kappa shape index (κ3) is 3.24. The summed E-state index contributed by atoms with van der Waals surface area (Å²) in [6.07, 6.45) is 0.423. The maximum atomic E-state index is 12.6. The van der Waals surface area contributed by atoms with Gasteiger partial charge in [-0.1, -0.05) is 24.3 Å². The number of fused-ring (bicyclic) bond motifs is 1. The number of piperazine rings is 1. The topological polar surface area (TPSA) is 72.9 Å². The summed E-state index contributed by atoms with van der Waals surface area (Å²) in [5.41, 5.74) is 1.75. The zero-order valence-corrected chi connectivity index (χ0v) is 14.2. The lowest BCUT2D eigenvalue weighted by Gasteiger charge is -2.37. The number of amides is 2. The van der Waals surface area contributed by atoms with Crippen molar-refractivity contribution in [2.24, 2.45) is 0 Å². The first-order chi connectivity index (χ1) is 11.5. The first-order valence-corrected chi connectivity index (χ1v) is 8.58. The fourth-order valence-corrected chi connectivity index (χ4v) is 3.69. The molecule has 0 saturated carbocycles. The highest BCUT2D eigenvalue weighted by Crippen LogP contribution is 2.40. The van der Waals surface area contributed by atoms with Crippen molar-refractivity contribution in [1.29, 1.82) is 0 Å². The van der Waals surface area contributed by atoms with Gasteiger partial charge in [-0.05, 0) is 31.4 Å². The van der Waals surface area contributed by atoms with Gasteiger partial charge in [-0.2, -0.15) is 0 Å². The molecule has 0 spiro atoms. The van der Waals surface area contributed by atoms with Crippen LogP contribution in [0.25, 0.3) is 0 Å². The van der Waals surface area contributed by atoms with Crippen molar-refractivity contribution in [3.8, 4) is 0 Å². The lowest BCUT2D eigenvalue weighted by molar-refractivity contribution is -0.138. The molecule has 1 aromatic carbocycles. The van der Waals surface area contributed by atoms with Gasteiger partial charge in [-0.3, -0.25) is 9.69 Å². The van der Waals surface area contributed by atoms with Gasteiger partial charge >= 0.3 is 12.0 Å². The molecule has 6 nitrogen and oxygen atoms in total. The number of carbonyl (C=O) groups excluding carboxylic acids is 1. The van der Waals surface area contributed by atoms with Crippen LogP contribution in [0.3, 0.4) is 0 Å². The molecule has 1 saturated heterocycles. The molecule has 6 heteroatoms. The fourth-order valence-electron chi connectivity index (χ4n) is 3.69. The summed E-state index contributed by atoms with van der Waals surface area (Å²) in [5, 5.41) is 12.5. The van der Waals surface area contributed by atoms with Crippen molar-refractivity contribution in [2.75, 3.05) is 26.2 Å². The van der Waals surface area contributed by atoms with Crippen molar-refractivity contribution in [3.05, 3.63) is 35.4 Å². The lowest BCUT2D eigenvalue weighted by atomic mass is 10.0. The molecule has 0 aromatic heterocycles. The molecule has 2 aliphatic rings. The summed E-state index contributed by atoms with van der Waals surface area (Å²) in [4.78, 5) is 28.2. The van der Waals surface area contributed by atoms with E-state index in [2.05, 4.69) is 24.1 Å². The molecular formula is C18H25N3O3. The number of nitrogens with zero attached hydrogens (tertiary/aromatic N) is 2. The normalized spacial score (nSPS) is 24.0. The first-order valence-electron chi connectivity index (χ1n) is 8.58. The molecule has 0 radical (unpaired) electrons. The van der Waals surface area contributed by atoms with E-state index in [0.717, 1.165) is 24.2 Å². The van der Waals surface area contributed by atoms with Gasteiger partial charge < -0.3 is 15.3 Å². The Labute approximate surface area is 142 Å². The van der Waals surface area contributed by atoms with Gasteiger partial charge in [0.2, 0.25) is 0 Å². The number of benzene rings is 1. The number of carboxylic acid groups (broad SMARTS) is 1. The zero-order valence-electron chi connectivity index (χ0n) is 14.2. The molecule has 3 rings (SSSR count). The van der Waals surface area contributed by atoms with Crippen LogP contribution in [0.15, 0.2) is 24.3 Å². The molecule has 2 N–H and O–H groups in total. The molecule has 0 bridgehead atoms. The highest BCUT2D eigenvalue weighted by molar-refractivity contribution is 5.80. The van der Waals surface area contributed by atoms with Crippen LogP contribution in [0.5, 0.6) is 0 Å². The molecule has 1 aliphatic carbocycles. The third-order valence-corrected chi connectivity index (χ3v) is 5.15. The van der Waals surface area contributed by atoms with E-state index in [9.17, 15) is 14.7 Å². The Bertz CT molecular complexity index is 624. The predicted octanol–water partition coefficient (Wildman–Crippen LogP) is 2.04. The molecule has 130 valence electrons. The Kier molecular flexibility index (Phi) is 4.76. The minimum Gasteiger partial charge on any atom is -0.481 e. The average molecular weight is 331 g/mol. The zero-order chi connectivity index (χ0) is 17.3. The van der Waals surface area contributed by atoms with Crippen LogP contribution in [-0.4, -0.2) is 59.1 Å². The number of nitrogens with one attached hydrogen (secondary N) is 1. The number of aliphatic carboxylic acids is 1. The Hall–Kier alpha value is -2.08. The van der Waals surface area contributed by atoms with Gasteiger partial charge in [-0.15, -0.1) is 0 Å². The second-order valence-corrected chi connectivity index (χ2v) is 6.87. The minimum absolute atomic E-state index is 0.0933. The summed E-state index contributed by atoms with van der Waals surface area (Å²) < 4.78 is 0. The second kappa shape index (κ2) is 6.81. The number of carbonyl (C=O) groups is 2. The first kappa shape index (κ1) is 16.8. The quantitative estimate of drug-likeness (QED) is 0.889. The summed E-state index contributed by atoms with van der Waals surface area (Å²) in [6.45, 7) is 7.50. The molecule has 2 atom stereocenters. The molecule has 1 aliphatic heterocycles. The molecular weight excluding hydrogens is 306 g/mol. The number of rotatable bonds is 3. The van der Waals surface area contributed by atoms with Crippen LogP contribution in [0.4, 0.5) is 4.79 Å². The SMILES string of the molecule is CC(C)N1CCN(C(=O)NC2CC(C(=O)O)c3ccccc32)CC1. The van der Waals surface area contributed by atoms with E-state index in [-0.39, 0.29) is 12.1 Å². The summed E-state index contributed by atoms with van der Waals surface area (Å²) in [5.74, 6) is -1.37. The number of carboxylic acids is 1. The van der Waals surface area contributed by atoms with Gasteiger partial charge in [0.05, 0.1) is 12.0 Å². The number of urea groups is 1. The number of hydrogen-bond acceptors (Lipinski definition) is 3. The fraction of sp³-hybridized carbons (Fsp3) is 0.556.